The Hall–Kier alpha value is 0.896. The summed E-state index contributed by atoms with van der Waals surface area (Å²) < 4.78 is 27.8. The molecule has 1 heterocycles. The Morgan fingerprint density at radius 1 is 1.29 bits per heavy atom. The molecule has 0 aliphatic carbocycles. The van der Waals surface area contributed by atoms with Crippen LogP contribution in [-0.4, -0.2) is 29.6 Å². The van der Waals surface area contributed by atoms with Gasteiger partial charge in [0.05, 0.1) is 0 Å². The summed E-state index contributed by atoms with van der Waals surface area (Å²) in [4.78, 5) is 0. The van der Waals surface area contributed by atoms with E-state index < -0.39 is 37.7 Å². The third-order valence-electron chi connectivity index (χ3n) is 0.243. The number of hydrogen-bond donors (Lipinski definition) is 0. The molecule has 0 aromatic carbocycles. The van der Waals surface area contributed by atoms with Gasteiger partial charge in [-0.2, -0.15) is 0 Å². The summed E-state index contributed by atoms with van der Waals surface area (Å²) in [5, 5.41) is 0. The zero-order valence-electron chi connectivity index (χ0n) is 2.99. The second-order valence-corrected chi connectivity index (χ2v) is 7.73. The van der Waals surface area contributed by atoms with E-state index in [-0.39, 0.29) is 5.48 Å². The summed E-state index contributed by atoms with van der Waals surface area (Å²) in [6.45, 7) is 0. The van der Waals surface area contributed by atoms with Gasteiger partial charge in [-0.05, 0) is 0 Å². The van der Waals surface area contributed by atoms with Gasteiger partial charge in [0.15, 0.2) is 0 Å². The first-order valence-electron chi connectivity index (χ1n) is 1.03. The van der Waals surface area contributed by atoms with Crippen molar-refractivity contribution in [3.05, 3.63) is 0 Å². The molecular formula is H2BiCrO5. The van der Waals surface area contributed by atoms with E-state index in [9.17, 15) is 7.61 Å². The molecule has 7 heavy (non-hydrogen) atoms. The van der Waals surface area contributed by atoms with Crippen molar-refractivity contribution in [2.45, 2.75) is 0 Å². The maximum absolute atomic E-state index is 9.76. The van der Waals surface area contributed by atoms with Crippen LogP contribution in [0.4, 0.5) is 0 Å². The maximum atomic E-state index is 9.76. The monoisotopic (exact) mass is 343 g/mol. The second kappa shape index (κ2) is 2.45. The first-order chi connectivity index (χ1) is 2.71. The molecule has 0 aromatic rings. The third-order valence-corrected chi connectivity index (χ3v) is 8.81. The van der Waals surface area contributed by atoms with Crippen LogP contribution < -0.4 is 0 Å². The van der Waals surface area contributed by atoms with Crippen LogP contribution in [0.5, 0.6) is 0 Å². The summed E-state index contributed by atoms with van der Waals surface area (Å²) in [6.07, 6.45) is 0. The Bertz CT molecular complexity index is 122. The molecule has 0 unspecified atom stereocenters. The Morgan fingerprint density at radius 3 is 1.57 bits per heavy atom. The summed E-state index contributed by atoms with van der Waals surface area (Å²) in [7, 11) is 0. The van der Waals surface area contributed by atoms with E-state index in [4.69, 9.17) is 0 Å². The van der Waals surface area contributed by atoms with Gasteiger partial charge in [0.1, 0.15) is 0 Å². The van der Waals surface area contributed by atoms with Gasteiger partial charge in [-0.3, -0.25) is 0 Å². The predicted molar refractivity (Wildman–Crippen MR) is 12.9 cm³/mol. The Morgan fingerprint density at radius 2 is 1.57 bits per heavy atom. The fourth-order valence-electron chi connectivity index (χ4n) is 0.0801. The molecule has 1 radical (unpaired) electrons. The fourth-order valence-corrected chi connectivity index (χ4v) is 2.90. The van der Waals surface area contributed by atoms with Crippen molar-refractivity contribution in [3.8, 4) is 0 Å². The molecule has 1 aliphatic heterocycles. The molecule has 7 heteroatoms. The molecule has 0 spiro atoms. The van der Waals surface area contributed by atoms with Crippen LogP contribution in [0.15, 0.2) is 0 Å². The summed E-state index contributed by atoms with van der Waals surface area (Å²) >= 11 is -5.36. The minimum absolute atomic E-state index is 0. The number of hydrogen-bond acceptors (Lipinski definition) is 4. The van der Waals surface area contributed by atoms with Crippen molar-refractivity contribution in [1.82, 2.24) is 0 Å². The predicted octanol–water partition coefficient (Wildman–Crippen LogP) is -1.58. The molecule has 0 saturated carbocycles. The van der Waals surface area contributed by atoms with Gasteiger partial charge >= 0.3 is 49.1 Å². The molecule has 1 fully saturated rings. The zero-order chi connectivity index (χ0) is 4.62. The van der Waals surface area contributed by atoms with Gasteiger partial charge in [0, 0.05) is 0 Å². The van der Waals surface area contributed by atoms with Gasteiger partial charge in [-0.15, -0.1) is 0 Å². The van der Waals surface area contributed by atoms with Crippen molar-refractivity contribution in [2.75, 3.05) is 0 Å². The van der Waals surface area contributed by atoms with Crippen molar-refractivity contribution < 1.29 is 30.4 Å². The van der Waals surface area contributed by atoms with Gasteiger partial charge in [-0.1, -0.05) is 0 Å². The van der Waals surface area contributed by atoms with E-state index in [1.807, 2.05) is 0 Å². The van der Waals surface area contributed by atoms with E-state index in [1.54, 1.807) is 0 Å². The fraction of sp³-hybridized carbons (Fsp3) is 0. The van der Waals surface area contributed by atoms with E-state index in [0.717, 1.165) is 0 Å². The van der Waals surface area contributed by atoms with Crippen LogP contribution in [0, 0.1) is 0 Å². The minimum atomic E-state index is -4.02. The van der Waals surface area contributed by atoms with Crippen LogP contribution in [0.1, 0.15) is 0 Å². The molecule has 5 nitrogen and oxygen atoms in total. The van der Waals surface area contributed by atoms with Crippen LogP contribution in [0.25, 0.3) is 0 Å². The van der Waals surface area contributed by atoms with E-state index in [1.165, 1.54) is 0 Å². The van der Waals surface area contributed by atoms with Crippen molar-refractivity contribution in [3.63, 3.8) is 0 Å². The first-order valence-corrected chi connectivity index (χ1v) is 5.95. The molecule has 43 valence electrons. The molecule has 2 N–H and O–H groups in total. The average Bonchev–Trinajstić information content (AvgIpc) is 1.32. The summed E-state index contributed by atoms with van der Waals surface area (Å²) in [6, 6.07) is 0. The van der Waals surface area contributed by atoms with Crippen molar-refractivity contribution >= 4 is 24.1 Å². The Labute approximate surface area is 54.5 Å². The van der Waals surface area contributed by atoms with Gasteiger partial charge in [0.25, 0.3) is 0 Å². The van der Waals surface area contributed by atoms with Crippen LogP contribution in [0.3, 0.4) is 0 Å². The standard InChI is InChI=1S/Bi.Cr.H2O.4O/h;;1H2;;;;. The average molecular weight is 343 g/mol. The van der Waals surface area contributed by atoms with E-state index in [0.29, 0.717) is 0 Å². The van der Waals surface area contributed by atoms with Gasteiger partial charge in [0.2, 0.25) is 0 Å². The molecule has 1 saturated heterocycles. The van der Waals surface area contributed by atoms with E-state index in [2.05, 4.69) is 3.73 Å². The molecule has 0 atom stereocenters. The number of rotatable bonds is 0. The zero-order valence-corrected chi connectivity index (χ0v) is 7.74. The topological polar surface area (TPSA) is 84.1 Å². The normalized spacial score (nSPS) is 24.6. The van der Waals surface area contributed by atoms with E-state index >= 15 is 0 Å². The molecule has 1 aliphatic rings. The quantitative estimate of drug-likeness (QED) is 0.497. The summed E-state index contributed by atoms with van der Waals surface area (Å²) in [5.41, 5.74) is 0. The molecule has 0 aromatic heterocycles. The Balaban J connectivity index is 0.000000360. The molecule has 1 rings (SSSR count). The SMILES string of the molecule is O.[O]=[Cr]1(=[O])[O][Bi][O]1. The summed E-state index contributed by atoms with van der Waals surface area (Å²) in [5.74, 6) is 0. The second-order valence-electron chi connectivity index (χ2n) is 0.632. The third kappa shape index (κ3) is 2.09. The molecule has 0 amide bonds. The first kappa shape index (κ1) is 7.90. The van der Waals surface area contributed by atoms with Crippen molar-refractivity contribution in [2.24, 2.45) is 0 Å². The van der Waals surface area contributed by atoms with Gasteiger partial charge in [-0.25, -0.2) is 0 Å². The van der Waals surface area contributed by atoms with Crippen molar-refractivity contribution in [1.29, 1.82) is 0 Å². The molecule has 0 bridgehead atoms. The van der Waals surface area contributed by atoms with Crippen LogP contribution in [0.2, 0.25) is 0 Å². The van der Waals surface area contributed by atoms with Gasteiger partial charge < -0.3 is 5.48 Å². The van der Waals surface area contributed by atoms with Crippen LogP contribution in [-0.2, 0) is 25.0 Å². The van der Waals surface area contributed by atoms with Crippen LogP contribution >= 0.6 is 0 Å². The Kier molecular flexibility index (Phi) is 2.76. The molecular weight excluding hydrogens is 341 g/mol.